The molecule has 1 aliphatic heterocycles. The number of ether oxygens (including phenoxy) is 1. The summed E-state index contributed by atoms with van der Waals surface area (Å²) in [5, 5.41) is -0.213. The third kappa shape index (κ3) is 5.47. The van der Waals surface area contributed by atoms with Crippen molar-refractivity contribution in [1.82, 2.24) is 9.62 Å². The highest BCUT2D eigenvalue weighted by Gasteiger charge is 2.36. The van der Waals surface area contributed by atoms with E-state index in [-0.39, 0.29) is 23.2 Å². The highest BCUT2D eigenvalue weighted by molar-refractivity contribution is 7.90. The fourth-order valence-electron chi connectivity index (χ4n) is 3.26. The summed E-state index contributed by atoms with van der Waals surface area (Å²) in [6.07, 6.45) is 2.73. The molecule has 1 saturated carbocycles. The minimum absolute atomic E-state index is 0.0120. The van der Waals surface area contributed by atoms with Gasteiger partial charge in [-0.2, -0.15) is 0 Å². The zero-order valence-corrected chi connectivity index (χ0v) is 15.8. The molecule has 0 aromatic heterocycles. The maximum absolute atomic E-state index is 13.7. The van der Waals surface area contributed by atoms with Gasteiger partial charge < -0.3 is 10.5 Å². The van der Waals surface area contributed by atoms with Gasteiger partial charge in [-0.25, -0.2) is 17.5 Å². The lowest BCUT2D eigenvalue weighted by Crippen LogP contribution is -2.52. The van der Waals surface area contributed by atoms with Crippen LogP contribution in [0.25, 0.3) is 0 Å². The number of benzene rings is 1. The Morgan fingerprint density at radius 3 is 2.85 bits per heavy atom. The zero-order valence-electron chi connectivity index (χ0n) is 14.9. The van der Waals surface area contributed by atoms with Crippen LogP contribution in [0.3, 0.4) is 0 Å². The molecule has 3 N–H and O–H groups in total. The smallest absolute Gasteiger partial charge is 0.214 e. The Morgan fingerprint density at radius 1 is 1.35 bits per heavy atom. The maximum atomic E-state index is 13.7. The predicted octanol–water partition coefficient (Wildman–Crippen LogP) is 0.868. The van der Waals surface area contributed by atoms with Gasteiger partial charge in [0.25, 0.3) is 0 Å². The topological polar surface area (TPSA) is 84.7 Å². The van der Waals surface area contributed by atoms with E-state index in [9.17, 15) is 12.8 Å². The second-order valence-electron chi connectivity index (χ2n) is 7.20. The largest absolute Gasteiger partial charge is 0.378 e. The van der Waals surface area contributed by atoms with Crippen LogP contribution in [0.5, 0.6) is 0 Å². The molecular formula is C18H28FN3O3S. The van der Waals surface area contributed by atoms with Gasteiger partial charge in [0.05, 0.1) is 18.5 Å². The summed E-state index contributed by atoms with van der Waals surface area (Å²) in [7, 11) is -3.19. The van der Waals surface area contributed by atoms with E-state index in [0.717, 1.165) is 32.4 Å². The Hall–Kier alpha value is -1.06. The molecule has 1 aliphatic carbocycles. The molecule has 8 heteroatoms. The Kier molecular flexibility index (Phi) is 6.63. The van der Waals surface area contributed by atoms with Crippen LogP contribution in [0.1, 0.15) is 24.8 Å². The van der Waals surface area contributed by atoms with Crippen molar-refractivity contribution >= 4 is 10.0 Å². The normalized spacial score (nSPS) is 23.1. The van der Waals surface area contributed by atoms with Crippen molar-refractivity contribution in [2.24, 2.45) is 5.73 Å². The lowest BCUT2D eigenvalue weighted by molar-refractivity contribution is -0.00612. The van der Waals surface area contributed by atoms with E-state index < -0.39 is 10.0 Å². The molecule has 2 fully saturated rings. The molecule has 146 valence electrons. The summed E-state index contributed by atoms with van der Waals surface area (Å²) in [4.78, 5) is 2.22. The van der Waals surface area contributed by atoms with E-state index in [1.165, 1.54) is 6.07 Å². The second kappa shape index (κ2) is 8.75. The van der Waals surface area contributed by atoms with Crippen LogP contribution < -0.4 is 10.5 Å². The Bertz CT molecular complexity index is 697. The standard InChI is InChI=1S/C18H28FN3O3S/c19-18-4-2-1-3-14(18)11-15(20)7-8-22-9-10-25-13-16(22)12-21-26(23,24)17-5-6-17/h1-4,15-17,21H,5-13,20H2/t15-,16?/m0/s1. The summed E-state index contributed by atoms with van der Waals surface area (Å²) < 4.78 is 46.0. The van der Waals surface area contributed by atoms with E-state index in [1.54, 1.807) is 12.1 Å². The van der Waals surface area contributed by atoms with Gasteiger partial charge in [-0.05, 0) is 37.3 Å². The number of halogens is 1. The summed E-state index contributed by atoms with van der Waals surface area (Å²) in [6.45, 7) is 3.00. The van der Waals surface area contributed by atoms with Gasteiger partial charge in [-0.15, -0.1) is 0 Å². The summed E-state index contributed by atoms with van der Waals surface area (Å²) >= 11 is 0. The molecule has 6 nitrogen and oxygen atoms in total. The number of rotatable bonds is 9. The lowest BCUT2D eigenvalue weighted by atomic mass is 10.0. The molecule has 1 aromatic carbocycles. The molecule has 1 unspecified atom stereocenters. The van der Waals surface area contributed by atoms with Crippen LogP contribution in [0.2, 0.25) is 0 Å². The summed E-state index contributed by atoms with van der Waals surface area (Å²) in [5.74, 6) is -0.221. The Morgan fingerprint density at radius 2 is 2.12 bits per heavy atom. The van der Waals surface area contributed by atoms with Crippen LogP contribution in [0.4, 0.5) is 4.39 Å². The number of morpholine rings is 1. The monoisotopic (exact) mass is 385 g/mol. The zero-order chi connectivity index (χ0) is 18.6. The van der Waals surface area contributed by atoms with Gasteiger partial charge >= 0.3 is 0 Å². The molecule has 1 aromatic rings. The number of nitrogens with one attached hydrogen (secondary N) is 1. The molecule has 0 bridgehead atoms. The van der Waals surface area contributed by atoms with Gasteiger partial charge in [-0.1, -0.05) is 18.2 Å². The van der Waals surface area contributed by atoms with E-state index in [4.69, 9.17) is 10.5 Å². The predicted molar refractivity (Wildman–Crippen MR) is 98.8 cm³/mol. The molecule has 1 heterocycles. The number of sulfonamides is 1. The third-order valence-electron chi connectivity index (χ3n) is 5.06. The average Bonchev–Trinajstić information content (AvgIpc) is 3.47. The Balaban J connectivity index is 1.47. The minimum Gasteiger partial charge on any atom is -0.378 e. The van der Waals surface area contributed by atoms with Gasteiger partial charge in [0.1, 0.15) is 5.82 Å². The van der Waals surface area contributed by atoms with Crippen molar-refractivity contribution in [2.75, 3.05) is 32.8 Å². The molecule has 0 spiro atoms. The fourth-order valence-corrected chi connectivity index (χ4v) is 4.68. The highest BCUT2D eigenvalue weighted by atomic mass is 32.2. The van der Waals surface area contributed by atoms with E-state index in [1.807, 2.05) is 6.07 Å². The van der Waals surface area contributed by atoms with Crippen molar-refractivity contribution in [3.8, 4) is 0 Å². The van der Waals surface area contributed by atoms with Crippen LogP contribution in [0.15, 0.2) is 24.3 Å². The van der Waals surface area contributed by atoms with Crippen molar-refractivity contribution in [1.29, 1.82) is 0 Å². The van der Waals surface area contributed by atoms with Crippen LogP contribution in [0, 0.1) is 5.82 Å². The number of hydrogen-bond acceptors (Lipinski definition) is 5. The quantitative estimate of drug-likeness (QED) is 0.659. The van der Waals surface area contributed by atoms with Crippen molar-refractivity contribution in [2.45, 2.75) is 43.0 Å². The van der Waals surface area contributed by atoms with Crippen LogP contribution in [-0.2, 0) is 21.2 Å². The molecule has 26 heavy (non-hydrogen) atoms. The molecular weight excluding hydrogens is 357 g/mol. The molecule has 0 amide bonds. The molecule has 2 atom stereocenters. The minimum atomic E-state index is -3.19. The fraction of sp³-hybridized carbons (Fsp3) is 0.667. The SMILES string of the molecule is N[C@@H](CCN1CCOCC1CNS(=O)(=O)C1CC1)Cc1ccccc1F. The van der Waals surface area contributed by atoms with Crippen LogP contribution >= 0.6 is 0 Å². The average molecular weight is 386 g/mol. The number of nitrogens with zero attached hydrogens (tertiary/aromatic N) is 1. The van der Waals surface area contributed by atoms with Crippen molar-refractivity contribution < 1.29 is 17.5 Å². The van der Waals surface area contributed by atoms with Gasteiger partial charge in [0, 0.05) is 31.7 Å². The van der Waals surface area contributed by atoms with Gasteiger partial charge in [-0.3, -0.25) is 4.90 Å². The Labute approximate surface area is 154 Å². The van der Waals surface area contributed by atoms with Crippen LogP contribution in [-0.4, -0.2) is 63.5 Å². The molecule has 3 rings (SSSR count). The summed E-state index contributed by atoms with van der Waals surface area (Å²) in [5.41, 5.74) is 6.83. The van der Waals surface area contributed by atoms with Gasteiger partial charge in [0.2, 0.25) is 10.0 Å². The molecule has 2 aliphatic rings. The van der Waals surface area contributed by atoms with Gasteiger partial charge in [0.15, 0.2) is 0 Å². The summed E-state index contributed by atoms with van der Waals surface area (Å²) in [6, 6.07) is 6.57. The van der Waals surface area contributed by atoms with E-state index >= 15 is 0 Å². The lowest BCUT2D eigenvalue weighted by Gasteiger charge is -2.36. The second-order valence-corrected chi connectivity index (χ2v) is 9.25. The van der Waals surface area contributed by atoms with E-state index in [0.29, 0.717) is 31.7 Å². The first-order valence-electron chi connectivity index (χ1n) is 9.25. The first kappa shape index (κ1) is 19.7. The first-order valence-corrected chi connectivity index (χ1v) is 10.8. The molecule has 1 saturated heterocycles. The highest BCUT2D eigenvalue weighted by Crippen LogP contribution is 2.27. The molecule has 0 radical (unpaired) electrons. The van der Waals surface area contributed by atoms with E-state index in [2.05, 4.69) is 9.62 Å². The maximum Gasteiger partial charge on any atom is 0.214 e. The number of nitrogens with two attached hydrogens (primary N) is 1. The third-order valence-corrected chi connectivity index (χ3v) is 6.98. The van der Waals surface area contributed by atoms with Crippen molar-refractivity contribution in [3.63, 3.8) is 0 Å². The number of hydrogen-bond donors (Lipinski definition) is 2. The van der Waals surface area contributed by atoms with Crippen molar-refractivity contribution in [3.05, 3.63) is 35.6 Å². The first-order chi connectivity index (χ1) is 12.5.